The molecule has 0 aromatic rings. The van der Waals surface area contributed by atoms with Crippen molar-refractivity contribution in [2.45, 2.75) is 39.0 Å². The largest absolute Gasteiger partial charge is 0.321 e. The lowest BCUT2D eigenvalue weighted by Gasteiger charge is -2.47. The van der Waals surface area contributed by atoms with Crippen LogP contribution in [0.15, 0.2) is 0 Å². The molecule has 0 spiro atoms. The normalized spacial score (nSPS) is 30.1. The molecule has 14 heavy (non-hydrogen) atoms. The second-order valence-corrected chi connectivity index (χ2v) is 4.56. The van der Waals surface area contributed by atoms with Crippen LogP contribution in [0.25, 0.3) is 0 Å². The summed E-state index contributed by atoms with van der Waals surface area (Å²) in [5.74, 6) is 0.255. The van der Waals surface area contributed by atoms with E-state index in [4.69, 9.17) is 0 Å². The highest BCUT2D eigenvalue weighted by Crippen LogP contribution is 2.21. The SMILES string of the molecule is CC(C)N1CC(N2C(=O)CNC2C)C1. The lowest BCUT2D eigenvalue weighted by atomic mass is 10.0. The third kappa shape index (κ3) is 1.53. The van der Waals surface area contributed by atoms with Crippen molar-refractivity contribution in [3.8, 4) is 0 Å². The van der Waals surface area contributed by atoms with E-state index in [9.17, 15) is 4.79 Å². The molecule has 2 saturated heterocycles. The van der Waals surface area contributed by atoms with Crippen LogP contribution in [0.5, 0.6) is 0 Å². The minimum atomic E-state index is 0.224. The van der Waals surface area contributed by atoms with Crippen LogP contribution >= 0.6 is 0 Å². The van der Waals surface area contributed by atoms with E-state index in [1.165, 1.54) is 0 Å². The molecule has 4 nitrogen and oxygen atoms in total. The van der Waals surface area contributed by atoms with E-state index >= 15 is 0 Å². The molecule has 2 aliphatic rings. The summed E-state index contributed by atoms with van der Waals surface area (Å²) in [5, 5.41) is 3.17. The Balaban J connectivity index is 1.89. The number of hydrogen-bond acceptors (Lipinski definition) is 3. The summed E-state index contributed by atoms with van der Waals surface area (Å²) < 4.78 is 0. The van der Waals surface area contributed by atoms with Gasteiger partial charge in [0.1, 0.15) is 0 Å². The average Bonchev–Trinajstić information content (AvgIpc) is 2.32. The quantitative estimate of drug-likeness (QED) is 0.669. The standard InChI is InChI=1S/C10H19N3O/c1-7(2)12-5-9(6-12)13-8(3)11-4-10(13)14/h7-9,11H,4-6H2,1-3H3. The lowest BCUT2D eigenvalue weighted by Crippen LogP contribution is -2.63. The number of hydrogen-bond donors (Lipinski definition) is 1. The molecule has 4 heteroatoms. The van der Waals surface area contributed by atoms with Crippen molar-refractivity contribution in [2.75, 3.05) is 19.6 Å². The summed E-state index contributed by atoms with van der Waals surface area (Å²) >= 11 is 0. The lowest BCUT2D eigenvalue weighted by molar-refractivity contribution is -0.134. The first-order valence-corrected chi connectivity index (χ1v) is 5.38. The second kappa shape index (κ2) is 3.51. The molecule has 2 aliphatic heterocycles. The van der Waals surface area contributed by atoms with Gasteiger partial charge in [-0.25, -0.2) is 0 Å². The summed E-state index contributed by atoms with van der Waals surface area (Å²) in [4.78, 5) is 15.9. The molecule has 1 N–H and O–H groups in total. The summed E-state index contributed by atoms with van der Waals surface area (Å²) in [6.45, 7) is 9.04. The topological polar surface area (TPSA) is 35.6 Å². The molecule has 0 radical (unpaired) electrons. The summed E-state index contributed by atoms with van der Waals surface area (Å²) in [7, 11) is 0. The smallest absolute Gasteiger partial charge is 0.238 e. The molecule has 80 valence electrons. The number of rotatable bonds is 2. The number of carbonyl (C=O) groups excluding carboxylic acids is 1. The van der Waals surface area contributed by atoms with Crippen LogP contribution in [0.4, 0.5) is 0 Å². The van der Waals surface area contributed by atoms with Crippen molar-refractivity contribution < 1.29 is 4.79 Å². The predicted molar refractivity (Wildman–Crippen MR) is 54.8 cm³/mol. The molecular formula is C10H19N3O. The van der Waals surface area contributed by atoms with Crippen LogP contribution in [0, 0.1) is 0 Å². The van der Waals surface area contributed by atoms with Crippen LogP contribution < -0.4 is 5.32 Å². The maximum Gasteiger partial charge on any atom is 0.238 e. The van der Waals surface area contributed by atoms with Crippen molar-refractivity contribution in [2.24, 2.45) is 0 Å². The molecule has 0 aliphatic carbocycles. The van der Waals surface area contributed by atoms with E-state index in [2.05, 4.69) is 31.0 Å². The number of nitrogens with zero attached hydrogens (tertiary/aromatic N) is 2. The van der Waals surface area contributed by atoms with E-state index in [0.717, 1.165) is 13.1 Å². The van der Waals surface area contributed by atoms with Gasteiger partial charge in [-0.2, -0.15) is 0 Å². The van der Waals surface area contributed by atoms with Crippen molar-refractivity contribution in [3.63, 3.8) is 0 Å². The highest BCUT2D eigenvalue weighted by atomic mass is 16.2. The zero-order chi connectivity index (χ0) is 10.3. The Morgan fingerprint density at radius 1 is 1.43 bits per heavy atom. The number of carbonyl (C=O) groups is 1. The minimum absolute atomic E-state index is 0.224. The van der Waals surface area contributed by atoms with E-state index in [0.29, 0.717) is 18.6 Å². The fourth-order valence-corrected chi connectivity index (χ4v) is 2.25. The summed E-state index contributed by atoms with van der Waals surface area (Å²) in [6.07, 6.45) is 0.224. The van der Waals surface area contributed by atoms with Gasteiger partial charge < -0.3 is 4.90 Å². The minimum Gasteiger partial charge on any atom is -0.321 e. The fraction of sp³-hybridized carbons (Fsp3) is 0.900. The van der Waals surface area contributed by atoms with E-state index in [-0.39, 0.29) is 12.1 Å². The number of nitrogens with one attached hydrogen (secondary N) is 1. The van der Waals surface area contributed by atoms with Gasteiger partial charge in [-0.05, 0) is 20.8 Å². The molecule has 0 bridgehead atoms. The van der Waals surface area contributed by atoms with Crippen molar-refractivity contribution in [1.29, 1.82) is 0 Å². The summed E-state index contributed by atoms with van der Waals surface area (Å²) in [6, 6.07) is 1.04. The van der Waals surface area contributed by atoms with Gasteiger partial charge in [0, 0.05) is 19.1 Å². The van der Waals surface area contributed by atoms with Crippen LogP contribution in [0.1, 0.15) is 20.8 Å². The zero-order valence-electron chi connectivity index (χ0n) is 9.16. The Bertz CT molecular complexity index is 236. The molecule has 0 aromatic heterocycles. The first-order valence-electron chi connectivity index (χ1n) is 5.38. The van der Waals surface area contributed by atoms with Gasteiger partial charge in [0.25, 0.3) is 0 Å². The molecule has 1 unspecified atom stereocenters. The molecule has 2 fully saturated rings. The zero-order valence-corrected chi connectivity index (χ0v) is 9.16. The molecule has 0 saturated carbocycles. The van der Waals surface area contributed by atoms with E-state index < -0.39 is 0 Å². The Hall–Kier alpha value is -0.610. The Kier molecular flexibility index (Phi) is 2.49. The molecule has 2 heterocycles. The Labute approximate surface area is 85.2 Å². The predicted octanol–water partition coefficient (Wildman–Crippen LogP) is -0.143. The van der Waals surface area contributed by atoms with Gasteiger partial charge >= 0.3 is 0 Å². The van der Waals surface area contributed by atoms with Gasteiger partial charge in [-0.1, -0.05) is 0 Å². The molecule has 0 aromatic carbocycles. The van der Waals surface area contributed by atoms with Crippen LogP contribution in [-0.4, -0.2) is 53.6 Å². The maximum atomic E-state index is 11.5. The summed E-state index contributed by atoms with van der Waals surface area (Å²) in [5.41, 5.74) is 0. The second-order valence-electron chi connectivity index (χ2n) is 4.56. The fourth-order valence-electron chi connectivity index (χ4n) is 2.25. The van der Waals surface area contributed by atoms with E-state index in [1.54, 1.807) is 0 Å². The third-order valence-electron chi connectivity index (χ3n) is 3.27. The van der Waals surface area contributed by atoms with Gasteiger partial charge in [0.15, 0.2) is 0 Å². The third-order valence-corrected chi connectivity index (χ3v) is 3.27. The van der Waals surface area contributed by atoms with Gasteiger partial charge in [0.05, 0.1) is 18.8 Å². The first kappa shape index (κ1) is 9.93. The molecular weight excluding hydrogens is 178 g/mol. The van der Waals surface area contributed by atoms with Gasteiger partial charge in [-0.3, -0.25) is 15.0 Å². The van der Waals surface area contributed by atoms with Gasteiger partial charge in [0.2, 0.25) is 5.91 Å². The monoisotopic (exact) mass is 197 g/mol. The molecule has 2 rings (SSSR count). The maximum absolute atomic E-state index is 11.5. The van der Waals surface area contributed by atoms with Gasteiger partial charge in [-0.15, -0.1) is 0 Å². The number of amides is 1. The first-order chi connectivity index (χ1) is 6.59. The number of likely N-dealkylation sites (tertiary alicyclic amines) is 1. The van der Waals surface area contributed by atoms with E-state index in [1.807, 2.05) is 4.90 Å². The van der Waals surface area contributed by atoms with Crippen molar-refractivity contribution in [3.05, 3.63) is 0 Å². The molecule has 1 atom stereocenters. The average molecular weight is 197 g/mol. The Morgan fingerprint density at radius 2 is 2.07 bits per heavy atom. The van der Waals surface area contributed by atoms with Crippen LogP contribution in [-0.2, 0) is 4.79 Å². The Morgan fingerprint density at radius 3 is 2.50 bits per heavy atom. The van der Waals surface area contributed by atoms with Crippen LogP contribution in [0.3, 0.4) is 0 Å². The highest BCUT2D eigenvalue weighted by molar-refractivity contribution is 5.81. The molecule has 1 amide bonds. The highest BCUT2D eigenvalue weighted by Gasteiger charge is 2.40. The van der Waals surface area contributed by atoms with Crippen LogP contribution in [0.2, 0.25) is 0 Å². The van der Waals surface area contributed by atoms with Crippen molar-refractivity contribution in [1.82, 2.24) is 15.1 Å². The van der Waals surface area contributed by atoms with Crippen molar-refractivity contribution >= 4 is 5.91 Å².